The molecule has 0 aliphatic carbocycles. The van der Waals surface area contributed by atoms with E-state index in [0.29, 0.717) is 12.8 Å². The van der Waals surface area contributed by atoms with Crippen LogP contribution in [0.25, 0.3) is 11.3 Å². The monoisotopic (exact) mass is 622 g/mol. The second kappa shape index (κ2) is 13.3. The van der Waals surface area contributed by atoms with E-state index in [2.05, 4.69) is 15.6 Å². The molecule has 2 aromatic heterocycles. The van der Waals surface area contributed by atoms with Crippen LogP contribution in [-0.4, -0.2) is 65.9 Å². The summed E-state index contributed by atoms with van der Waals surface area (Å²) in [5.74, 6) is -1.48. The first-order chi connectivity index (χ1) is 20.3. The number of pyridine rings is 1. The average molecular weight is 623 g/mol. The topological polar surface area (TPSA) is 142 Å². The van der Waals surface area contributed by atoms with E-state index in [1.165, 1.54) is 36.5 Å². The second-order valence-electron chi connectivity index (χ2n) is 10.8. The van der Waals surface area contributed by atoms with Crippen LogP contribution in [0.3, 0.4) is 0 Å². The smallest absolute Gasteiger partial charge is 0.416 e. The van der Waals surface area contributed by atoms with Crippen molar-refractivity contribution in [3.8, 4) is 11.3 Å². The number of β-amino-alcohol motifs (C(OH)–C–C–N with tert-alkyl or cyclic N) is 1. The third kappa shape index (κ3) is 8.00. The van der Waals surface area contributed by atoms with Crippen LogP contribution >= 0.6 is 0 Å². The molecule has 3 N–H and O–H groups in total. The van der Waals surface area contributed by atoms with Gasteiger partial charge in [-0.25, -0.2) is 13.4 Å². The Kier molecular flexibility index (Phi) is 9.93. The van der Waals surface area contributed by atoms with Crippen LogP contribution in [0.15, 0.2) is 70.2 Å². The fraction of sp³-hybridized carbons (Fsp3) is 0.414. The number of nitrogens with one attached hydrogen (secondary N) is 2. The molecule has 0 spiro atoms. The number of aliphatic hydroxyl groups excluding tert-OH is 1. The third-order valence-electron chi connectivity index (χ3n) is 6.98. The zero-order chi connectivity index (χ0) is 31.4. The van der Waals surface area contributed by atoms with Crippen LogP contribution in [0, 0.1) is 5.92 Å². The Balaban J connectivity index is 1.43. The number of hydrogen-bond acceptors (Lipinski definition) is 7. The minimum absolute atomic E-state index is 0.0219. The first-order valence-electron chi connectivity index (χ1n) is 13.7. The van der Waals surface area contributed by atoms with Gasteiger partial charge in [0, 0.05) is 24.8 Å². The van der Waals surface area contributed by atoms with E-state index in [1.807, 2.05) is 13.8 Å². The fourth-order valence-corrected chi connectivity index (χ4v) is 6.23. The Hall–Kier alpha value is -3.75. The van der Waals surface area contributed by atoms with Crippen LogP contribution in [0.4, 0.5) is 13.2 Å². The maximum atomic E-state index is 13.3. The van der Waals surface area contributed by atoms with Gasteiger partial charge in [0.05, 0.1) is 17.7 Å². The Morgan fingerprint density at radius 1 is 1.14 bits per heavy atom. The minimum Gasteiger partial charge on any atom is -0.451 e. The molecule has 1 saturated heterocycles. The van der Waals surface area contributed by atoms with Crippen molar-refractivity contribution in [2.75, 3.05) is 13.1 Å². The van der Waals surface area contributed by atoms with E-state index in [1.54, 1.807) is 12.1 Å². The lowest BCUT2D eigenvalue weighted by Gasteiger charge is -2.27. The quantitative estimate of drug-likeness (QED) is 0.329. The van der Waals surface area contributed by atoms with Crippen molar-refractivity contribution in [3.05, 3.63) is 72.1 Å². The Morgan fingerprint density at radius 3 is 2.58 bits per heavy atom. The largest absolute Gasteiger partial charge is 0.451 e. The summed E-state index contributed by atoms with van der Waals surface area (Å²) in [4.78, 5) is 30.2. The van der Waals surface area contributed by atoms with E-state index in [4.69, 9.17) is 4.42 Å². The Morgan fingerprint density at radius 2 is 1.91 bits per heavy atom. The lowest BCUT2D eigenvalue weighted by atomic mass is 10.0. The molecule has 4 rings (SSSR count). The highest BCUT2D eigenvalue weighted by atomic mass is 32.2. The third-order valence-corrected chi connectivity index (χ3v) is 8.76. The number of sulfonamides is 1. The number of carbonyl (C=O) groups is 2. The van der Waals surface area contributed by atoms with Gasteiger partial charge in [-0.1, -0.05) is 32.0 Å². The van der Waals surface area contributed by atoms with Crippen molar-refractivity contribution in [1.82, 2.24) is 19.9 Å². The molecule has 3 heterocycles. The molecule has 2 amide bonds. The molecule has 1 aliphatic heterocycles. The maximum Gasteiger partial charge on any atom is 0.416 e. The summed E-state index contributed by atoms with van der Waals surface area (Å²) in [5.41, 5.74) is -0.731. The number of rotatable bonds is 9. The van der Waals surface area contributed by atoms with Crippen molar-refractivity contribution < 1.29 is 40.7 Å². The Labute approximate surface area is 247 Å². The van der Waals surface area contributed by atoms with E-state index in [-0.39, 0.29) is 47.5 Å². The molecule has 10 nitrogen and oxygen atoms in total. The fourth-order valence-electron chi connectivity index (χ4n) is 4.81. The van der Waals surface area contributed by atoms with Crippen LogP contribution < -0.4 is 10.6 Å². The number of hydrogen-bond donors (Lipinski definition) is 3. The number of nitrogens with zero attached hydrogens (tertiary/aromatic N) is 2. The predicted octanol–water partition coefficient (Wildman–Crippen LogP) is 3.84. The number of halogens is 3. The van der Waals surface area contributed by atoms with Crippen molar-refractivity contribution >= 4 is 21.8 Å². The average Bonchev–Trinajstić information content (AvgIpc) is 3.38. The molecule has 0 bridgehead atoms. The first kappa shape index (κ1) is 32.2. The van der Waals surface area contributed by atoms with Crippen LogP contribution in [-0.2, 0) is 21.0 Å². The van der Waals surface area contributed by atoms with Gasteiger partial charge in [0.2, 0.25) is 5.91 Å². The zero-order valence-corrected chi connectivity index (χ0v) is 24.4. The summed E-state index contributed by atoms with van der Waals surface area (Å²) in [6.07, 6.45) is -3.51. The molecular formula is C29H33F3N4O6S. The number of aliphatic hydroxyl groups is 1. The summed E-state index contributed by atoms with van der Waals surface area (Å²) < 4.78 is 72.0. The van der Waals surface area contributed by atoms with Gasteiger partial charge in [-0.3, -0.25) is 9.59 Å². The van der Waals surface area contributed by atoms with Crippen molar-refractivity contribution in [2.24, 2.45) is 5.92 Å². The number of aromatic nitrogens is 1. The molecule has 3 atom stereocenters. The van der Waals surface area contributed by atoms with Crippen molar-refractivity contribution in [2.45, 2.75) is 62.5 Å². The SMILES string of the molecule is CC(C)CC(NC(=O)c1ccc(-c2cccc(C(F)(F)F)c2)o1)C(=O)NC1CCCN(S(=O)(=O)c2ccccn2)C[C@@H]1O. The number of amides is 2. The van der Waals surface area contributed by atoms with Gasteiger partial charge in [-0.15, -0.1) is 0 Å². The van der Waals surface area contributed by atoms with Gasteiger partial charge >= 0.3 is 6.18 Å². The van der Waals surface area contributed by atoms with Gasteiger partial charge in [0.15, 0.2) is 10.8 Å². The van der Waals surface area contributed by atoms with Gasteiger partial charge in [0.1, 0.15) is 11.8 Å². The van der Waals surface area contributed by atoms with Gasteiger partial charge < -0.3 is 20.2 Å². The molecule has 2 unspecified atom stereocenters. The summed E-state index contributed by atoms with van der Waals surface area (Å²) >= 11 is 0. The van der Waals surface area contributed by atoms with E-state index in [9.17, 15) is 36.3 Å². The summed E-state index contributed by atoms with van der Waals surface area (Å²) in [6, 6.07) is 9.88. The van der Waals surface area contributed by atoms with Crippen LogP contribution in [0.1, 0.15) is 49.2 Å². The molecule has 3 aromatic rings. The molecular weight excluding hydrogens is 589 g/mol. The second-order valence-corrected chi connectivity index (χ2v) is 12.6. The van der Waals surface area contributed by atoms with Crippen LogP contribution in [0.2, 0.25) is 0 Å². The molecule has 43 heavy (non-hydrogen) atoms. The zero-order valence-electron chi connectivity index (χ0n) is 23.5. The summed E-state index contributed by atoms with van der Waals surface area (Å²) in [7, 11) is -3.95. The number of benzene rings is 1. The summed E-state index contributed by atoms with van der Waals surface area (Å²) in [6.45, 7) is 3.58. The molecule has 14 heteroatoms. The molecule has 1 aromatic carbocycles. The lowest BCUT2D eigenvalue weighted by Crippen LogP contribution is -2.54. The maximum absolute atomic E-state index is 13.3. The summed E-state index contributed by atoms with van der Waals surface area (Å²) in [5, 5.41) is 16.1. The van der Waals surface area contributed by atoms with Gasteiger partial charge in [0.25, 0.3) is 15.9 Å². The normalized spacial score (nSPS) is 19.0. The molecule has 1 aliphatic rings. The van der Waals surface area contributed by atoms with E-state index in [0.717, 1.165) is 16.4 Å². The first-order valence-corrected chi connectivity index (χ1v) is 15.2. The van der Waals surface area contributed by atoms with Gasteiger partial charge in [-0.05, 0) is 61.6 Å². The van der Waals surface area contributed by atoms with Crippen LogP contribution in [0.5, 0.6) is 0 Å². The minimum atomic E-state index is -4.54. The van der Waals surface area contributed by atoms with Crippen molar-refractivity contribution in [1.29, 1.82) is 0 Å². The van der Waals surface area contributed by atoms with Crippen molar-refractivity contribution in [3.63, 3.8) is 0 Å². The highest BCUT2D eigenvalue weighted by Crippen LogP contribution is 2.32. The van der Waals surface area contributed by atoms with E-state index < -0.39 is 51.8 Å². The van der Waals surface area contributed by atoms with E-state index >= 15 is 0 Å². The number of furan rings is 1. The van der Waals surface area contributed by atoms with Gasteiger partial charge in [-0.2, -0.15) is 17.5 Å². The lowest BCUT2D eigenvalue weighted by molar-refractivity contribution is -0.137. The molecule has 0 radical (unpaired) electrons. The number of carbonyl (C=O) groups excluding carboxylic acids is 2. The molecule has 1 fully saturated rings. The molecule has 232 valence electrons. The Bertz CT molecular complexity index is 1530. The highest BCUT2D eigenvalue weighted by molar-refractivity contribution is 7.89. The molecule has 0 saturated carbocycles. The predicted molar refractivity (Wildman–Crippen MR) is 150 cm³/mol. The highest BCUT2D eigenvalue weighted by Gasteiger charge is 2.35. The number of alkyl halides is 3. The standard InChI is InChI=1S/C29H33F3N4O6S/c1-18(2)15-22(35-28(39)25-12-11-24(42-25)19-7-5-8-20(16-19)29(30,31)32)27(38)34-21-9-6-14-36(17-23(21)37)43(40,41)26-10-3-4-13-33-26/h3-5,7-8,10-13,16,18,21-23,37H,6,9,14-15,17H2,1-2H3,(H,34,38)(H,35,39)/t21?,22?,23-/m0/s1.